The zero-order valence-corrected chi connectivity index (χ0v) is 13.5. The molecule has 2 aromatic rings. The second-order valence-electron chi connectivity index (χ2n) is 5.59. The highest BCUT2D eigenvalue weighted by Gasteiger charge is 2.28. The summed E-state index contributed by atoms with van der Waals surface area (Å²) in [7, 11) is 0. The van der Waals surface area contributed by atoms with Crippen LogP contribution in [-0.4, -0.2) is 16.7 Å². The maximum absolute atomic E-state index is 5.43. The van der Waals surface area contributed by atoms with Gasteiger partial charge in [-0.1, -0.05) is 0 Å². The summed E-state index contributed by atoms with van der Waals surface area (Å²) in [6.07, 6.45) is 3.62. The molecule has 0 saturated carbocycles. The lowest BCUT2D eigenvalue weighted by Crippen LogP contribution is -2.24. The van der Waals surface area contributed by atoms with Gasteiger partial charge in [0.15, 0.2) is 0 Å². The van der Waals surface area contributed by atoms with Gasteiger partial charge in [0.2, 0.25) is 5.96 Å². The Hall–Kier alpha value is -2.21. The maximum atomic E-state index is 5.43. The Balaban J connectivity index is 2.08. The second-order valence-corrected chi connectivity index (χ2v) is 6.54. The van der Waals surface area contributed by atoms with E-state index >= 15 is 0 Å². The molecule has 0 amide bonds. The molecule has 1 aliphatic rings. The summed E-state index contributed by atoms with van der Waals surface area (Å²) in [5, 5.41) is 10.3. The molecule has 2 heterocycles. The number of guanidine groups is 1. The van der Waals surface area contributed by atoms with Crippen LogP contribution in [0.4, 0.5) is 0 Å². The summed E-state index contributed by atoms with van der Waals surface area (Å²) >= 11 is 1.79. The van der Waals surface area contributed by atoms with Gasteiger partial charge in [0.25, 0.3) is 0 Å². The van der Waals surface area contributed by atoms with Gasteiger partial charge in [-0.2, -0.15) is 5.10 Å². The van der Waals surface area contributed by atoms with Crippen molar-refractivity contribution in [2.24, 2.45) is 21.7 Å². The van der Waals surface area contributed by atoms with Crippen LogP contribution in [0.25, 0.3) is 0 Å². The lowest BCUT2D eigenvalue weighted by Gasteiger charge is -2.25. The van der Waals surface area contributed by atoms with E-state index in [1.165, 1.54) is 10.4 Å². The highest BCUT2D eigenvalue weighted by atomic mass is 32.1. The number of fused-ring (bicyclic) bond motifs is 1. The number of aromatic nitrogens is 1. The third-order valence-corrected chi connectivity index (χ3v) is 5.15. The lowest BCUT2D eigenvalue weighted by molar-refractivity contribution is 0.685. The maximum Gasteiger partial charge on any atom is 0.211 e. The van der Waals surface area contributed by atoms with Crippen molar-refractivity contribution in [2.45, 2.75) is 32.6 Å². The van der Waals surface area contributed by atoms with Crippen LogP contribution in [0, 0.1) is 13.8 Å². The van der Waals surface area contributed by atoms with Gasteiger partial charge < -0.3 is 11.5 Å². The standard InChI is InChI=1S/C16H19N5S/c1-9-3-5-19-12-7-11(15-10(2)4-6-22-15)8-13(14(9)12)20-21-16(17)18/h3-6,11H,7-8H2,1-2H3,(H4,17,18,21)/b20-13-. The Bertz CT molecular complexity index is 756. The first-order valence-electron chi connectivity index (χ1n) is 7.20. The number of hydrogen-bond donors (Lipinski definition) is 2. The van der Waals surface area contributed by atoms with Crippen molar-refractivity contribution in [1.82, 2.24) is 4.98 Å². The van der Waals surface area contributed by atoms with Gasteiger partial charge >= 0.3 is 0 Å². The molecular formula is C16H19N5S. The van der Waals surface area contributed by atoms with E-state index in [0.29, 0.717) is 5.92 Å². The highest BCUT2D eigenvalue weighted by Crippen LogP contribution is 2.37. The fourth-order valence-corrected chi connectivity index (χ4v) is 4.03. The summed E-state index contributed by atoms with van der Waals surface area (Å²) in [6, 6.07) is 4.16. The molecule has 1 atom stereocenters. The molecule has 0 bridgehead atoms. The summed E-state index contributed by atoms with van der Waals surface area (Å²) in [5.41, 5.74) is 16.4. The summed E-state index contributed by atoms with van der Waals surface area (Å²) in [5.74, 6) is 0.361. The predicted octanol–water partition coefficient (Wildman–Crippen LogP) is 2.47. The Labute approximate surface area is 133 Å². The predicted molar refractivity (Wildman–Crippen MR) is 91.4 cm³/mol. The third-order valence-electron chi connectivity index (χ3n) is 3.96. The molecular weight excluding hydrogens is 294 g/mol. The summed E-state index contributed by atoms with van der Waals surface area (Å²) in [6.45, 7) is 4.22. The second kappa shape index (κ2) is 5.88. The van der Waals surface area contributed by atoms with Crippen molar-refractivity contribution < 1.29 is 0 Å². The van der Waals surface area contributed by atoms with Gasteiger partial charge in [0.05, 0.1) is 11.4 Å². The van der Waals surface area contributed by atoms with Crippen molar-refractivity contribution in [3.05, 3.63) is 51.0 Å². The first-order chi connectivity index (χ1) is 10.6. The smallest absolute Gasteiger partial charge is 0.211 e. The average molecular weight is 313 g/mol. The van der Waals surface area contributed by atoms with Crippen molar-refractivity contribution in [3.63, 3.8) is 0 Å². The van der Waals surface area contributed by atoms with Crippen LogP contribution in [0.3, 0.4) is 0 Å². The fraction of sp³-hybridized carbons (Fsp3) is 0.312. The van der Waals surface area contributed by atoms with Gasteiger partial charge in [-0.25, -0.2) is 0 Å². The minimum atomic E-state index is -0.0231. The minimum absolute atomic E-state index is 0.0231. The molecule has 0 aromatic carbocycles. The average Bonchev–Trinajstić information content (AvgIpc) is 2.90. The molecule has 0 fully saturated rings. The third kappa shape index (κ3) is 2.74. The van der Waals surface area contributed by atoms with Crippen LogP contribution in [0.2, 0.25) is 0 Å². The first-order valence-corrected chi connectivity index (χ1v) is 8.08. The molecule has 1 unspecified atom stereocenters. The van der Waals surface area contributed by atoms with E-state index in [1.807, 2.05) is 12.3 Å². The van der Waals surface area contributed by atoms with Crippen molar-refractivity contribution in [1.29, 1.82) is 0 Å². The number of pyridine rings is 1. The van der Waals surface area contributed by atoms with Crippen LogP contribution in [0.1, 0.15) is 39.6 Å². The normalized spacial score (nSPS) is 19.0. The van der Waals surface area contributed by atoms with E-state index in [9.17, 15) is 0 Å². The Morgan fingerprint density at radius 3 is 2.73 bits per heavy atom. The molecule has 0 radical (unpaired) electrons. The minimum Gasteiger partial charge on any atom is -0.369 e. The van der Waals surface area contributed by atoms with E-state index in [0.717, 1.165) is 35.4 Å². The topological polar surface area (TPSA) is 89.6 Å². The molecule has 5 nitrogen and oxygen atoms in total. The molecule has 114 valence electrons. The first kappa shape index (κ1) is 14.7. The van der Waals surface area contributed by atoms with Gasteiger partial charge in [0, 0.05) is 29.0 Å². The molecule has 0 aliphatic heterocycles. The van der Waals surface area contributed by atoms with Crippen LogP contribution >= 0.6 is 11.3 Å². The zero-order chi connectivity index (χ0) is 15.7. The highest BCUT2D eigenvalue weighted by molar-refractivity contribution is 7.10. The Morgan fingerprint density at radius 1 is 1.23 bits per heavy atom. The monoisotopic (exact) mass is 313 g/mol. The van der Waals surface area contributed by atoms with E-state index in [4.69, 9.17) is 11.5 Å². The fourth-order valence-electron chi connectivity index (χ4n) is 3.00. The summed E-state index contributed by atoms with van der Waals surface area (Å²) in [4.78, 5) is 5.95. The molecule has 0 spiro atoms. The summed E-state index contributed by atoms with van der Waals surface area (Å²) < 4.78 is 0. The van der Waals surface area contributed by atoms with Gasteiger partial charge in [0.1, 0.15) is 0 Å². The van der Waals surface area contributed by atoms with E-state index < -0.39 is 0 Å². The van der Waals surface area contributed by atoms with Gasteiger partial charge in [-0.05, 0) is 48.9 Å². The molecule has 6 heteroatoms. The van der Waals surface area contributed by atoms with E-state index in [1.54, 1.807) is 11.3 Å². The molecule has 1 aliphatic carbocycles. The van der Waals surface area contributed by atoms with Crippen LogP contribution in [0.15, 0.2) is 33.9 Å². The van der Waals surface area contributed by atoms with Gasteiger partial charge in [-0.15, -0.1) is 16.4 Å². The largest absolute Gasteiger partial charge is 0.369 e. The van der Waals surface area contributed by atoms with E-state index in [-0.39, 0.29) is 5.96 Å². The number of nitrogens with zero attached hydrogens (tertiary/aromatic N) is 3. The van der Waals surface area contributed by atoms with Crippen molar-refractivity contribution in [2.75, 3.05) is 0 Å². The lowest BCUT2D eigenvalue weighted by atomic mass is 9.82. The quantitative estimate of drug-likeness (QED) is 0.507. The van der Waals surface area contributed by atoms with Crippen molar-refractivity contribution >= 4 is 23.0 Å². The van der Waals surface area contributed by atoms with Crippen LogP contribution in [-0.2, 0) is 6.42 Å². The molecule has 2 aromatic heterocycles. The molecule has 4 N–H and O–H groups in total. The number of thiophene rings is 1. The SMILES string of the molecule is Cc1ccsc1C1C/C(=N/N=C(N)N)c2c(C)ccnc2C1. The molecule has 3 rings (SSSR count). The van der Waals surface area contributed by atoms with E-state index in [2.05, 4.69) is 40.5 Å². The van der Waals surface area contributed by atoms with Gasteiger partial charge in [-0.3, -0.25) is 4.98 Å². The number of nitrogens with two attached hydrogens (primary N) is 2. The number of rotatable bonds is 2. The Morgan fingerprint density at radius 2 is 2.05 bits per heavy atom. The van der Waals surface area contributed by atoms with Crippen molar-refractivity contribution in [3.8, 4) is 0 Å². The number of hydrogen-bond acceptors (Lipinski definition) is 4. The molecule has 0 saturated heterocycles. The Kier molecular flexibility index (Phi) is 3.94. The van der Waals surface area contributed by atoms with Crippen LogP contribution < -0.4 is 11.5 Å². The number of aryl methyl sites for hydroxylation is 2. The van der Waals surface area contributed by atoms with Crippen LogP contribution in [0.5, 0.6) is 0 Å². The molecule has 22 heavy (non-hydrogen) atoms. The zero-order valence-electron chi connectivity index (χ0n) is 12.7.